The zero-order valence-corrected chi connectivity index (χ0v) is 27.5. The molecule has 0 saturated carbocycles. The average molecular weight is 696 g/mol. The van der Waals surface area contributed by atoms with Crippen molar-refractivity contribution < 1.29 is 68.8 Å². The van der Waals surface area contributed by atoms with E-state index in [0.717, 1.165) is 6.42 Å². The molecule has 0 spiro atoms. The first kappa shape index (κ1) is 41.6. The van der Waals surface area contributed by atoms with Crippen LogP contribution in [0.3, 0.4) is 0 Å². The second-order valence-corrected chi connectivity index (χ2v) is 11.7. The molecule has 0 aliphatic carbocycles. The summed E-state index contributed by atoms with van der Waals surface area (Å²) in [5.41, 5.74) is 0. The fourth-order valence-electron chi connectivity index (χ4n) is 4.91. The van der Waals surface area contributed by atoms with Gasteiger partial charge in [-0.25, -0.2) is 0 Å². The molecule has 19 nitrogen and oxygen atoms in total. The van der Waals surface area contributed by atoms with Crippen LogP contribution in [0, 0.1) is 0 Å². The molecule has 2 heterocycles. The lowest BCUT2D eigenvalue weighted by Gasteiger charge is -2.39. The van der Waals surface area contributed by atoms with Crippen molar-refractivity contribution >= 4 is 23.6 Å². The Bertz CT molecular complexity index is 994. The zero-order valence-electron chi connectivity index (χ0n) is 27.5. The van der Waals surface area contributed by atoms with Crippen molar-refractivity contribution in [3.8, 4) is 0 Å². The Hall–Kier alpha value is -2.56. The van der Waals surface area contributed by atoms with Gasteiger partial charge in [-0.3, -0.25) is 24.1 Å². The van der Waals surface area contributed by atoms with Gasteiger partial charge in [0.05, 0.1) is 51.7 Å². The minimum atomic E-state index is -1.61. The molecule has 0 unspecified atom stereocenters. The molecule has 2 aliphatic heterocycles. The molecular weight excluding hydrogens is 642 g/mol. The van der Waals surface area contributed by atoms with Crippen LogP contribution in [0.25, 0.3) is 0 Å². The van der Waals surface area contributed by atoms with Crippen LogP contribution in [0.4, 0.5) is 0 Å². The highest BCUT2D eigenvalue weighted by Crippen LogP contribution is 2.22. The SMILES string of the molecule is CNC(=O)CCCCCNC(=O)CN(CC(=O)NCCO[C@H]1O[C@H](CO)[C@@H](O)[C@H](O)[C@@H]1O)CC(=O)NCCO[C@@H]1O[C@@H](C)[C@@H](O)C[C@@H]1O. The van der Waals surface area contributed by atoms with Gasteiger partial charge in [-0.2, -0.15) is 0 Å². The second-order valence-electron chi connectivity index (χ2n) is 11.7. The molecule has 4 amide bonds. The lowest BCUT2D eigenvalue weighted by atomic mass is 9.99. The standard InChI is InChI=1S/C29H53N5O14/c1-17-18(36)12-19(37)28(47-17)45-10-8-32-23(40)14-34(13-22(39)31-7-5-3-4-6-21(38)30-2)15-24(41)33-9-11-46-29-27(44)26(43)25(42)20(16-35)48-29/h17-20,25-29,35-37,42-44H,3-16H2,1-2H3,(H,30,38)(H,31,39)(H,32,40)(H,33,41)/t17-,18-,19-,20+,25+,26-,27-,28+,29-/m0/s1. The maximum atomic E-state index is 12.7. The van der Waals surface area contributed by atoms with Crippen LogP contribution in [-0.2, 0) is 38.1 Å². The first-order valence-corrected chi connectivity index (χ1v) is 16.1. The van der Waals surface area contributed by atoms with Crippen LogP contribution in [0.5, 0.6) is 0 Å². The van der Waals surface area contributed by atoms with Crippen LogP contribution in [0.15, 0.2) is 0 Å². The Morgan fingerprint density at radius 3 is 1.83 bits per heavy atom. The molecule has 278 valence electrons. The number of nitrogens with one attached hydrogen (secondary N) is 4. The van der Waals surface area contributed by atoms with E-state index >= 15 is 0 Å². The first-order chi connectivity index (χ1) is 22.9. The van der Waals surface area contributed by atoms with Crippen molar-refractivity contribution in [2.24, 2.45) is 0 Å². The van der Waals surface area contributed by atoms with E-state index in [1.54, 1.807) is 14.0 Å². The molecule has 2 saturated heterocycles. The predicted molar refractivity (Wildman–Crippen MR) is 165 cm³/mol. The maximum Gasteiger partial charge on any atom is 0.234 e. The van der Waals surface area contributed by atoms with Gasteiger partial charge in [0.15, 0.2) is 12.6 Å². The van der Waals surface area contributed by atoms with E-state index in [0.29, 0.717) is 25.8 Å². The van der Waals surface area contributed by atoms with E-state index < -0.39 is 79.6 Å². The van der Waals surface area contributed by atoms with E-state index in [1.807, 2.05) is 0 Å². The van der Waals surface area contributed by atoms with Gasteiger partial charge in [0.1, 0.15) is 30.5 Å². The number of hydrogen-bond acceptors (Lipinski definition) is 15. The summed E-state index contributed by atoms with van der Waals surface area (Å²) in [6.45, 7) is 0.222. The summed E-state index contributed by atoms with van der Waals surface area (Å²) in [7, 11) is 1.56. The van der Waals surface area contributed by atoms with Crippen molar-refractivity contribution in [1.82, 2.24) is 26.2 Å². The zero-order chi connectivity index (χ0) is 35.6. The normalized spacial score (nSPS) is 28.9. The lowest BCUT2D eigenvalue weighted by molar-refractivity contribution is -0.300. The average Bonchev–Trinajstić information content (AvgIpc) is 3.04. The van der Waals surface area contributed by atoms with Gasteiger partial charge >= 0.3 is 0 Å². The molecule has 48 heavy (non-hydrogen) atoms. The van der Waals surface area contributed by atoms with Crippen LogP contribution in [-0.4, -0.2) is 181 Å². The molecule has 0 aromatic carbocycles. The molecule has 0 aromatic heterocycles. The number of carbonyl (C=O) groups is 4. The maximum absolute atomic E-state index is 12.7. The van der Waals surface area contributed by atoms with Crippen molar-refractivity contribution in [1.29, 1.82) is 0 Å². The van der Waals surface area contributed by atoms with Crippen LogP contribution in [0.1, 0.15) is 39.0 Å². The molecule has 9 atom stereocenters. The summed E-state index contributed by atoms with van der Waals surface area (Å²) < 4.78 is 21.5. The Kier molecular flexibility index (Phi) is 19.3. The Labute approximate surface area is 279 Å². The molecule has 0 bridgehead atoms. The second kappa shape index (κ2) is 22.2. The van der Waals surface area contributed by atoms with Gasteiger partial charge in [-0.1, -0.05) is 6.42 Å². The van der Waals surface area contributed by atoms with Crippen molar-refractivity contribution in [2.45, 2.75) is 94.3 Å². The van der Waals surface area contributed by atoms with E-state index in [2.05, 4.69) is 21.3 Å². The summed E-state index contributed by atoms with van der Waals surface area (Å²) in [5, 5.41) is 69.4. The number of rotatable bonds is 21. The highest BCUT2D eigenvalue weighted by atomic mass is 16.7. The van der Waals surface area contributed by atoms with Gasteiger partial charge in [-0.15, -0.1) is 0 Å². The topological polar surface area (TPSA) is 278 Å². The smallest absolute Gasteiger partial charge is 0.234 e. The van der Waals surface area contributed by atoms with Crippen molar-refractivity contribution in [2.75, 3.05) is 66.1 Å². The van der Waals surface area contributed by atoms with Gasteiger partial charge < -0.3 is 70.9 Å². The number of carbonyl (C=O) groups excluding carboxylic acids is 4. The largest absolute Gasteiger partial charge is 0.394 e. The third kappa shape index (κ3) is 14.9. The number of amides is 4. The van der Waals surface area contributed by atoms with E-state index in [4.69, 9.17) is 18.9 Å². The van der Waals surface area contributed by atoms with Crippen LogP contribution in [0.2, 0.25) is 0 Å². The summed E-state index contributed by atoms with van der Waals surface area (Å²) in [5.74, 6) is -1.54. The van der Waals surface area contributed by atoms with Gasteiger partial charge in [0.2, 0.25) is 23.6 Å². The van der Waals surface area contributed by atoms with Crippen molar-refractivity contribution in [3.05, 3.63) is 0 Å². The molecule has 0 radical (unpaired) electrons. The molecular formula is C29H53N5O14. The van der Waals surface area contributed by atoms with E-state index in [-0.39, 0.29) is 58.3 Å². The molecule has 2 rings (SSSR count). The van der Waals surface area contributed by atoms with Gasteiger partial charge in [-0.05, 0) is 19.8 Å². The van der Waals surface area contributed by atoms with Crippen LogP contribution >= 0.6 is 0 Å². The summed E-state index contributed by atoms with van der Waals surface area (Å²) in [6, 6.07) is 0. The summed E-state index contributed by atoms with van der Waals surface area (Å²) in [4.78, 5) is 50.6. The van der Waals surface area contributed by atoms with Crippen LogP contribution < -0.4 is 21.3 Å². The number of ether oxygens (including phenoxy) is 4. The molecule has 19 heteroatoms. The van der Waals surface area contributed by atoms with E-state index in [9.17, 15) is 49.8 Å². The summed E-state index contributed by atoms with van der Waals surface area (Å²) in [6.07, 6.45) is -8.09. The first-order valence-electron chi connectivity index (χ1n) is 16.1. The highest BCUT2D eigenvalue weighted by molar-refractivity contribution is 5.84. The number of unbranched alkanes of at least 4 members (excludes halogenated alkanes) is 2. The lowest BCUT2D eigenvalue weighted by Crippen LogP contribution is -2.59. The molecule has 2 fully saturated rings. The third-order valence-corrected chi connectivity index (χ3v) is 7.73. The Morgan fingerprint density at radius 1 is 0.708 bits per heavy atom. The minimum absolute atomic E-state index is 0.00832. The quantitative estimate of drug-likeness (QED) is 0.0502. The highest BCUT2D eigenvalue weighted by Gasteiger charge is 2.44. The number of nitrogens with zero attached hydrogens (tertiary/aromatic N) is 1. The fraction of sp³-hybridized carbons (Fsp3) is 0.862. The Morgan fingerprint density at radius 2 is 1.27 bits per heavy atom. The molecule has 0 aromatic rings. The van der Waals surface area contributed by atoms with Gasteiger partial charge in [0.25, 0.3) is 0 Å². The number of hydrogen-bond donors (Lipinski definition) is 10. The predicted octanol–water partition coefficient (Wildman–Crippen LogP) is -5.37. The van der Waals surface area contributed by atoms with Gasteiger partial charge in [0, 0.05) is 39.5 Å². The monoisotopic (exact) mass is 695 g/mol. The Balaban J connectivity index is 1.81. The number of aliphatic hydroxyl groups is 6. The van der Waals surface area contributed by atoms with Crippen molar-refractivity contribution in [3.63, 3.8) is 0 Å². The van der Waals surface area contributed by atoms with E-state index in [1.165, 1.54) is 4.90 Å². The summed E-state index contributed by atoms with van der Waals surface area (Å²) >= 11 is 0. The minimum Gasteiger partial charge on any atom is -0.394 e. The molecule has 10 N–H and O–H groups in total. The molecule has 2 aliphatic rings. The third-order valence-electron chi connectivity index (χ3n) is 7.73. The number of aliphatic hydroxyl groups excluding tert-OH is 6. The fourth-order valence-corrected chi connectivity index (χ4v) is 4.91.